The van der Waals surface area contributed by atoms with Crippen LogP contribution in [0.1, 0.15) is 29.3 Å². The molecular formula is C16H18F2N4O. The highest BCUT2D eigenvalue weighted by Crippen LogP contribution is 2.34. The number of aromatic nitrogens is 1. The van der Waals surface area contributed by atoms with Crippen molar-refractivity contribution in [3.63, 3.8) is 0 Å². The van der Waals surface area contributed by atoms with Crippen LogP contribution in [-0.4, -0.2) is 22.8 Å². The molecule has 0 bridgehead atoms. The lowest BCUT2D eigenvalue weighted by Crippen LogP contribution is -2.43. The standard InChI is InChI=1S/C16H18F2N4O/c17-16(18)11-8-22(9-6-21-7-9)13(15(11)20)5-12(19)10-3-1-2-4-14(10)23/h1-5,8-9,16,21,23H,6-7,19-20H2/b12-5-. The summed E-state index contributed by atoms with van der Waals surface area (Å²) in [6, 6.07) is 6.65. The fraction of sp³-hybridized carbons (Fsp3) is 0.250. The SMILES string of the molecule is N/C(=C\c1c(N)c(C(F)F)cn1C1CNC1)c1ccccc1O. The third kappa shape index (κ3) is 2.75. The number of nitrogens with zero attached hydrogens (tertiary/aromatic N) is 1. The van der Waals surface area contributed by atoms with Gasteiger partial charge < -0.3 is 26.5 Å². The van der Waals surface area contributed by atoms with E-state index in [2.05, 4.69) is 5.32 Å². The van der Waals surface area contributed by atoms with Crippen molar-refractivity contribution < 1.29 is 13.9 Å². The van der Waals surface area contributed by atoms with Gasteiger partial charge in [-0.05, 0) is 18.2 Å². The van der Waals surface area contributed by atoms with Crippen LogP contribution in [0.3, 0.4) is 0 Å². The zero-order chi connectivity index (χ0) is 16.6. The Kier molecular flexibility index (Phi) is 3.96. The minimum atomic E-state index is -2.65. The van der Waals surface area contributed by atoms with Crippen molar-refractivity contribution in [1.82, 2.24) is 9.88 Å². The summed E-state index contributed by atoms with van der Waals surface area (Å²) in [4.78, 5) is 0. The van der Waals surface area contributed by atoms with E-state index < -0.39 is 6.43 Å². The Bertz CT molecular complexity index is 751. The maximum absolute atomic E-state index is 13.1. The van der Waals surface area contributed by atoms with Crippen molar-refractivity contribution in [3.8, 4) is 5.75 Å². The number of phenols is 1. The lowest BCUT2D eigenvalue weighted by molar-refractivity contribution is 0.152. The molecule has 1 aromatic carbocycles. The van der Waals surface area contributed by atoms with Crippen molar-refractivity contribution in [3.05, 3.63) is 47.3 Å². The largest absolute Gasteiger partial charge is 0.507 e. The molecule has 2 heterocycles. The molecule has 5 nitrogen and oxygen atoms in total. The van der Waals surface area contributed by atoms with Gasteiger partial charge in [-0.2, -0.15) is 0 Å². The van der Waals surface area contributed by atoms with Crippen LogP contribution in [0.2, 0.25) is 0 Å². The van der Waals surface area contributed by atoms with Crippen LogP contribution >= 0.6 is 0 Å². The predicted molar refractivity (Wildman–Crippen MR) is 85.9 cm³/mol. The zero-order valence-electron chi connectivity index (χ0n) is 12.3. The number of aromatic hydroxyl groups is 1. The first-order valence-electron chi connectivity index (χ1n) is 7.23. The van der Waals surface area contributed by atoms with Gasteiger partial charge in [0.05, 0.1) is 23.0 Å². The third-order valence-electron chi connectivity index (χ3n) is 4.04. The topological polar surface area (TPSA) is 89.2 Å². The van der Waals surface area contributed by atoms with Gasteiger partial charge in [-0.1, -0.05) is 12.1 Å². The molecule has 1 aliphatic heterocycles. The van der Waals surface area contributed by atoms with E-state index in [-0.39, 0.29) is 28.7 Å². The summed E-state index contributed by atoms with van der Waals surface area (Å²) < 4.78 is 28.0. The number of rotatable bonds is 4. The van der Waals surface area contributed by atoms with E-state index in [9.17, 15) is 13.9 Å². The molecule has 1 aromatic heterocycles. The van der Waals surface area contributed by atoms with Gasteiger partial charge in [0, 0.05) is 30.5 Å². The molecule has 0 spiro atoms. The van der Waals surface area contributed by atoms with Gasteiger partial charge in [0.1, 0.15) is 5.75 Å². The number of para-hydroxylation sites is 1. The van der Waals surface area contributed by atoms with Gasteiger partial charge in [0.2, 0.25) is 0 Å². The van der Waals surface area contributed by atoms with Crippen molar-refractivity contribution in [1.29, 1.82) is 0 Å². The van der Waals surface area contributed by atoms with E-state index in [1.54, 1.807) is 22.8 Å². The number of benzene rings is 1. The molecule has 0 saturated carbocycles. The van der Waals surface area contributed by atoms with Crippen LogP contribution in [0.15, 0.2) is 30.5 Å². The highest BCUT2D eigenvalue weighted by molar-refractivity contribution is 5.85. The number of halogens is 2. The molecule has 7 heteroatoms. The summed E-state index contributed by atoms with van der Waals surface area (Å²) in [6.45, 7) is 1.38. The van der Waals surface area contributed by atoms with Crippen molar-refractivity contribution in [2.45, 2.75) is 12.5 Å². The van der Waals surface area contributed by atoms with Crippen molar-refractivity contribution >= 4 is 17.5 Å². The number of nitrogens with one attached hydrogen (secondary N) is 1. The molecule has 122 valence electrons. The zero-order valence-corrected chi connectivity index (χ0v) is 12.3. The molecular weight excluding hydrogens is 302 g/mol. The van der Waals surface area contributed by atoms with E-state index in [0.717, 1.165) is 0 Å². The van der Waals surface area contributed by atoms with Crippen molar-refractivity contribution in [2.24, 2.45) is 5.73 Å². The summed E-state index contributed by atoms with van der Waals surface area (Å²) in [7, 11) is 0. The first-order chi connectivity index (χ1) is 11.0. The Balaban J connectivity index is 2.07. The molecule has 2 aromatic rings. The Morgan fingerprint density at radius 1 is 1.35 bits per heavy atom. The average molecular weight is 320 g/mol. The number of phenolic OH excluding ortho intramolecular Hbond substituents is 1. The maximum Gasteiger partial charge on any atom is 0.267 e. The minimum absolute atomic E-state index is 0.0188. The molecule has 0 radical (unpaired) electrons. The average Bonchev–Trinajstić information content (AvgIpc) is 2.75. The number of nitrogen functional groups attached to an aromatic ring is 1. The Hall–Kier alpha value is -2.54. The number of nitrogens with two attached hydrogens (primary N) is 2. The van der Waals surface area contributed by atoms with Gasteiger partial charge >= 0.3 is 0 Å². The summed E-state index contributed by atoms with van der Waals surface area (Å²) in [5.74, 6) is 0.0253. The van der Waals surface area contributed by atoms with E-state index >= 15 is 0 Å². The number of anilines is 1. The monoisotopic (exact) mass is 320 g/mol. The van der Waals surface area contributed by atoms with Crippen molar-refractivity contribution in [2.75, 3.05) is 18.8 Å². The summed E-state index contributed by atoms with van der Waals surface area (Å²) >= 11 is 0. The number of hydrogen-bond donors (Lipinski definition) is 4. The molecule has 1 saturated heterocycles. The quantitative estimate of drug-likeness (QED) is 0.696. The fourth-order valence-corrected chi connectivity index (χ4v) is 2.62. The number of alkyl halides is 2. The van der Waals surface area contributed by atoms with E-state index in [0.29, 0.717) is 24.3 Å². The van der Waals surface area contributed by atoms with Crippen LogP contribution in [0.5, 0.6) is 5.75 Å². The van der Waals surface area contributed by atoms with Crippen LogP contribution in [0, 0.1) is 0 Å². The second-order valence-corrected chi connectivity index (χ2v) is 5.52. The Labute approximate surface area is 132 Å². The smallest absolute Gasteiger partial charge is 0.267 e. The molecule has 0 amide bonds. The van der Waals surface area contributed by atoms with Crippen LogP contribution in [0.4, 0.5) is 14.5 Å². The summed E-state index contributed by atoms with van der Waals surface area (Å²) in [5, 5.41) is 13.0. The second kappa shape index (κ2) is 5.92. The van der Waals surface area contributed by atoms with Gasteiger partial charge in [0.15, 0.2) is 0 Å². The van der Waals surface area contributed by atoms with E-state index in [4.69, 9.17) is 11.5 Å². The summed E-state index contributed by atoms with van der Waals surface area (Å²) in [6.07, 6.45) is 0.270. The van der Waals surface area contributed by atoms with Gasteiger partial charge in [-0.25, -0.2) is 8.78 Å². The van der Waals surface area contributed by atoms with Gasteiger partial charge in [-0.15, -0.1) is 0 Å². The van der Waals surface area contributed by atoms with Crippen LogP contribution in [0.25, 0.3) is 11.8 Å². The Morgan fingerprint density at radius 3 is 2.61 bits per heavy atom. The third-order valence-corrected chi connectivity index (χ3v) is 4.04. The highest BCUT2D eigenvalue weighted by Gasteiger charge is 2.26. The van der Waals surface area contributed by atoms with Crippen LogP contribution < -0.4 is 16.8 Å². The molecule has 0 aliphatic carbocycles. The molecule has 1 fully saturated rings. The first kappa shape index (κ1) is 15.4. The maximum atomic E-state index is 13.1. The van der Waals surface area contributed by atoms with Gasteiger partial charge in [-0.3, -0.25) is 0 Å². The highest BCUT2D eigenvalue weighted by atomic mass is 19.3. The predicted octanol–water partition coefficient (Wildman–Crippen LogP) is 2.31. The van der Waals surface area contributed by atoms with Gasteiger partial charge in [0.25, 0.3) is 6.43 Å². The molecule has 1 aliphatic rings. The minimum Gasteiger partial charge on any atom is -0.507 e. The lowest BCUT2D eigenvalue weighted by Gasteiger charge is -2.30. The van der Waals surface area contributed by atoms with E-state index in [1.165, 1.54) is 18.3 Å². The fourth-order valence-electron chi connectivity index (χ4n) is 2.62. The second-order valence-electron chi connectivity index (χ2n) is 5.52. The molecule has 23 heavy (non-hydrogen) atoms. The molecule has 6 N–H and O–H groups in total. The normalized spacial score (nSPS) is 15.9. The van der Waals surface area contributed by atoms with Crippen LogP contribution in [-0.2, 0) is 0 Å². The van der Waals surface area contributed by atoms with E-state index in [1.807, 2.05) is 0 Å². The lowest BCUT2D eigenvalue weighted by atomic mass is 10.1. The molecule has 0 atom stereocenters. The first-order valence-corrected chi connectivity index (χ1v) is 7.23. The Morgan fingerprint density at radius 2 is 2.04 bits per heavy atom. The molecule has 3 rings (SSSR count). The summed E-state index contributed by atoms with van der Waals surface area (Å²) in [5.41, 5.74) is 12.9. The number of hydrogen-bond acceptors (Lipinski definition) is 4. The molecule has 0 unspecified atom stereocenters.